The molecule has 3 aliphatic rings. The van der Waals surface area contributed by atoms with E-state index in [1.807, 2.05) is 30.3 Å². The maximum Gasteiger partial charge on any atom is 0.417 e. The molecule has 1 aliphatic heterocycles. The number of aromatic nitrogens is 5. The van der Waals surface area contributed by atoms with Gasteiger partial charge in [0.05, 0.1) is 45.0 Å². The predicted octanol–water partition coefficient (Wildman–Crippen LogP) is 7.29. The highest BCUT2D eigenvalue weighted by molar-refractivity contribution is 7.84. The number of nitrogens with zero attached hydrogens (tertiary/aromatic N) is 5. The van der Waals surface area contributed by atoms with Crippen LogP contribution in [0.3, 0.4) is 0 Å². The highest BCUT2D eigenvalue weighted by Crippen LogP contribution is 2.65. The summed E-state index contributed by atoms with van der Waals surface area (Å²) in [6.07, 6.45) is 3.48. The molecule has 1 spiro atoms. The molecular formula is C34H30F3N5O3S. The van der Waals surface area contributed by atoms with Crippen molar-refractivity contribution in [1.29, 1.82) is 0 Å². The molecule has 46 heavy (non-hydrogen) atoms. The minimum atomic E-state index is -4.65. The third-order valence-corrected chi connectivity index (χ3v) is 9.98. The molecule has 2 aliphatic carbocycles. The topological polar surface area (TPSA) is 92.0 Å². The van der Waals surface area contributed by atoms with E-state index in [4.69, 9.17) is 14.5 Å². The Kier molecular flexibility index (Phi) is 6.80. The molecule has 1 saturated heterocycles. The number of alkyl halides is 3. The summed E-state index contributed by atoms with van der Waals surface area (Å²) in [6, 6.07) is 12.9. The molecule has 4 heterocycles. The van der Waals surface area contributed by atoms with Crippen LogP contribution in [0.4, 0.5) is 13.2 Å². The Morgan fingerprint density at radius 1 is 1.11 bits per heavy atom. The minimum absolute atomic E-state index is 0.000468. The molecule has 8 rings (SSSR count). The lowest BCUT2D eigenvalue weighted by molar-refractivity contribution is -0.137. The zero-order valence-electron chi connectivity index (χ0n) is 25.2. The van der Waals surface area contributed by atoms with Crippen molar-refractivity contribution in [3.8, 4) is 28.3 Å². The van der Waals surface area contributed by atoms with Crippen LogP contribution in [0.1, 0.15) is 66.3 Å². The number of hydrogen-bond acceptors (Lipinski definition) is 7. The van der Waals surface area contributed by atoms with Crippen molar-refractivity contribution in [2.75, 3.05) is 12.9 Å². The molecular weight excluding hydrogens is 615 g/mol. The Labute approximate surface area is 265 Å². The van der Waals surface area contributed by atoms with Crippen LogP contribution in [0.25, 0.3) is 33.3 Å². The molecule has 12 heteroatoms. The molecule has 0 N–H and O–H groups in total. The van der Waals surface area contributed by atoms with E-state index in [0.717, 1.165) is 24.8 Å². The van der Waals surface area contributed by atoms with Gasteiger partial charge in [0.15, 0.2) is 6.23 Å². The summed E-state index contributed by atoms with van der Waals surface area (Å²) < 4.78 is 71.7. The molecule has 2 aromatic carbocycles. The fourth-order valence-electron chi connectivity index (χ4n) is 7.12. The van der Waals surface area contributed by atoms with Crippen LogP contribution in [0.15, 0.2) is 60.0 Å². The van der Waals surface area contributed by atoms with Crippen LogP contribution in [-0.4, -0.2) is 41.8 Å². The summed E-state index contributed by atoms with van der Waals surface area (Å²) in [7, 11) is -1.52. The first-order chi connectivity index (χ1) is 22.2. The van der Waals surface area contributed by atoms with Crippen LogP contribution >= 0.6 is 0 Å². The average molecular weight is 646 g/mol. The molecule has 5 aromatic rings. The first-order valence-electron chi connectivity index (χ1n) is 15.3. The quantitative estimate of drug-likeness (QED) is 0.179. The van der Waals surface area contributed by atoms with E-state index in [0.29, 0.717) is 52.7 Å². The number of fused-ring (bicyclic) bond motifs is 6. The predicted molar refractivity (Wildman–Crippen MR) is 166 cm³/mol. The zero-order chi connectivity index (χ0) is 31.8. The van der Waals surface area contributed by atoms with Gasteiger partial charge >= 0.3 is 6.18 Å². The Morgan fingerprint density at radius 3 is 2.61 bits per heavy atom. The number of pyridine rings is 1. The lowest BCUT2D eigenvalue weighted by Gasteiger charge is -2.24. The number of benzene rings is 2. The first kappa shape index (κ1) is 29.3. The van der Waals surface area contributed by atoms with Crippen LogP contribution < -0.4 is 4.74 Å². The van der Waals surface area contributed by atoms with Gasteiger partial charge in [0.25, 0.3) is 0 Å². The van der Waals surface area contributed by atoms with E-state index >= 15 is 13.2 Å². The summed E-state index contributed by atoms with van der Waals surface area (Å²) in [5, 5.41) is 5.06. The van der Waals surface area contributed by atoms with Crippen LogP contribution in [0.5, 0.6) is 5.88 Å². The molecule has 8 nitrogen and oxygen atoms in total. The summed E-state index contributed by atoms with van der Waals surface area (Å²) in [5.41, 5.74) is 2.97. The van der Waals surface area contributed by atoms with Crippen LogP contribution in [0, 0.1) is 6.92 Å². The van der Waals surface area contributed by atoms with Gasteiger partial charge in [-0.2, -0.15) is 23.3 Å². The Morgan fingerprint density at radius 2 is 1.91 bits per heavy atom. The van der Waals surface area contributed by atoms with Crippen molar-refractivity contribution >= 4 is 21.7 Å². The van der Waals surface area contributed by atoms with Crippen molar-refractivity contribution in [2.45, 2.75) is 68.6 Å². The minimum Gasteiger partial charge on any atom is -0.472 e. The van der Waals surface area contributed by atoms with E-state index in [9.17, 15) is 4.21 Å². The fourth-order valence-corrected chi connectivity index (χ4v) is 7.55. The molecule has 1 saturated carbocycles. The highest BCUT2D eigenvalue weighted by atomic mass is 32.2. The Hall–Kier alpha value is -4.16. The van der Waals surface area contributed by atoms with Gasteiger partial charge in [0.1, 0.15) is 6.61 Å². The van der Waals surface area contributed by atoms with Crippen LogP contribution in [-0.2, 0) is 33.7 Å². The molecule has 2 unspecified atom stereocenters. The molecule has 3 aromatic heterocycles. The van der Waals surface area contributed by atoms with E-state index in [1.54, 1.807) is 16.8 Å². The fraction of sp³-hybridized carbons (Fsp3) is 0.353. The average Bonchev–Trinajstić information content (AvgIpc) is 3.66. The summed E-state index contributed by atoms with van der Waals surface area (Å²) >= 11 is 0. The largest absolute Gasteiger partial charge is 0.472 e. The van der Waals surface area contributed by atoms with Gasteiger partial charge in [-0.1, -0.05) is 30.3 Å². The highest BCUT2D eigenvalue weighted by Gasteiger charge is 2.57. The maximum absolute atomic E-state index is 15.0. The van der Waals surface area contributed by atoms with E-state index in [1.165, 1.54) is 25.6 Å². The second-order valence-corrected chi connectivity index (χ2v) is 13.5. The van der Waals surface area contributed by atoms with Crippen molar-refractivity contribution in [3.05, 3.63) is 82.8 Å². The van der Waals surface area contributed by atoms with E-state index < -0.39 is 28.0 Å². The number of halogens is 3. The van der Waals surface area contributed by atoms with Crippen molar-refractivity contribution < 1.29 is 26.9 Å². The smallest absolute Gasteiger partial charge is 0.417 e. The van der Waals surface area contributed by atoms with Gasteiger partial charge in [-0.25, -0.2) is 9.67 Å². The molecule has 2 fully saturated rings. The zero-order valence-corrected chi connectivity index (χ0v) is 26.0. The molecule has 2 atom stereocenters. The molecule has 236 valence electrons. The first-order valence-corrected chi connectivity index (χ1v) is 16.9. The monoisotopic (exact) mass is 645 g/mol. The number of hydrogen-bond donors (Lipinski definition) is 0. The summed E-state index contributed by atoms with van der Waals surface area (Å²) in [5.74, 6) is 0.258. The maximum atomic E-state index is 15.0. The van der Waals surface area contributed by atoms with Crippen LogP contribution in [0.2, 0.25) is 0 Å². The van der Waals surface area contributed by atoms with Gasteiger partial charge < -0.3 is 9.47 Å². The molecule has 0 radical (unpaired) electrons. The number of rotatable bonds is 6. The third kappa shape index (κ3) is 4.56. The van der Waals surface area contributed by atoms with Crippen molar-refractivity contribution in [3.63, 3.8) is 0 Å². The molecule has 0 amide bonds. The van der Waals surface area contributed by atoms with Gasteiger partial charge in [0, 0.05) is 35.4 Å². The van der Waals surface area contributed by atoms with Gasteiger partial charge in [-0.05, 0) is 73.4 Å². The number of aryl methyl sites for hydroxylation is 1. The second kappa shape index (κ2) is 10.7. The SMILES string of the molecule is Cc1cc2c(cnn2C2CCCCO2)c(-c2nccc3c2C2(CC2)c2nc(S(C)=O)nc(OCc4ccccc4)c2-3)c1C(F)(F)F. The Bertz CT molecular complexity index is 2040. The lowest BCUT2D eigenvalue weighted by atomic mass is 9.87. The number of ether oxygens (including phenoxy) is 2. The van der Waals surface area contributed by atoms with Crippen molar-refractivity contribution in [2.24, 2.45) is 0 Å². The normalized spacial score (nSPS) is 18.8. The van der Waals surface area contributed by atoms with Gasteiger partial charge in [-0.15, -0.1) is 0 Å². The Balaban J connectivity index is 1.36. The van der Waals surface area contributed by atoms with Gasteiger partial charge in [0.2, 0.25) is 11.0 Å². The third-order valence-electron chi connectivity index (χ3n) is 9.28. The van der Waals surface area contributed by atoms with Crippen molar-refractivity contribution in [1.82, 2.24) is 24.7 Å². The van der Waals surface area contributed by atoms with Gasteiger partial charge in [-0.3, -0.25) is 9.19 Å². The second-order valence-electron chi connectivity index (χ2n) is 12.2. The summed E-state index contributed by atoms with van der Waals surface area (Å²) in [6.45, 7) is 2.27. The van der Waals surface area contributed by atoms with E-state index in [2.05, 4.69) is 15.1 Å². The molecule has 0 bridgehead atoms. The summed E-state index contributed by atoms with van der Waals surface area (Å²) in [4.78, 5) is 14.0. The van der Waals surface area contributed by atoms with E-state index in [-0.39, 0.29) is 40.7 Å². The standard InChI is InChI=1S/C34H30F3N5O3S/c1-19-16-23-22(17-39-42(23)24-10-6-7-15-44-24)25(27(19)34(35,36)37)29-28-21(11-14-38-29)26-30(33(28)12-13-33)40-32(46(2)43)41-31(26)45-18-20-8-4-3-5-9-20/h3-5,8-9,11,14,16-17,24H,6-7,10,12-13,15,18H2,1-2H3. The lowest BCUT2D eigenvalue weighted by Crippen LogP contribution is -2.19.